The number of nitrogens with zero attached hydrogens (tertiary/aromatic N) is 1. The summed E-state index contributed by atoms with van der Waals surface area (Å²) in [5.41, 5.74) is 3.23. The number of rotatable bonds is 7. The highest BCUT2D eigenvalue weighted by Gasteiger charge is 2.35. The van der Waals surface area contributed by atoms with Crippen molar-refractivity contribution in [1.82, 2.24) is 9.62 Å². The molecule has 186 valence electrons. The summed E-state index contributed by atoms with van der Waals surface area (Å²) in [4.78, 5) is 2.46. The molecule has 0 spiro atoms. The largest absolute Gasteiger partial charge is 0.494 e. The second-order valence-corrected chi connectivity index (χ2v) is 11.7. The maximum absolute atomic E-state index is 14.1. The van der Waals surface area contributed by atoms with E-state index in [4.69, 9.17) is 4.74 Å². The average molecular weight is 493 g/mol. The highest BCUT2D eigenvalue weighted by molar-refractivity contribution is 7.90. The van der Waals surface area contributed by atoms with E-state index in [1.807, 2.05) is 12.1 Å². The normalized spacial score (nSPS) is 22.2. The van der Waals surface area contributed by atoms with Crippen molar-refractivity contribution in [3.63, 3.8) is 0 Å². The molecule has 1 saturated carbocycles. The molecule has 1 aliphatic heterocycles. The Morgan fingerprint density at radius 3 is 2.41 bits per heavy atom. The predicted octanol–water partition coefficient (Wildman–Crippen LogP) is 4.27. The summed E-state index contributed by atoms with van der Waals surface area (Å²) in [7, 11) is 0.0534. The first-order chi connectivity index (χ1) is 16.3. The van der Waals surface area contributed by atoms with Crippen LogP contribution < -0.4 is 9.46 Å². The maximum Gasteiger partial charge on any atom is 0.214 e. The van der Waals surface area contributed by atoms with Crippen LogP contribution in [-0.4, -0.2) is 52.4 Å². The van der Waals surface area contributed by atoms with Crippen LogP contribution in [0.1, 0.15) is 48.3 Å². The lowest BCUT2D eigenvalue weighted by atomic mass is 9.86. The molecule has 2 unspecified atom stereocenters. The Kier molecular flexibility index (Phi) is 7.90. The molecule has 3 aliphatic rings. The zero-order valence-corrected chi connectivity index (χ0v) is 20.7. The van der Waals surface area contributed by atoms with Gasteiger partial charge in [-0.05, 0) is 105 Å². The molecule has 2 atom stereocenters. The number of sulfonamides is 1. The van der Waals surface area contributed by atoms with Crippen molar-refractivity contribution in [1.29, 1.82) is 0 Å². The molecule has 2 aromatic rings. The first kappa shape index (κ1) is 25.1. The summed E-state index contributed by atoms with van der Waals surface area (Å²) in [6.45, 7) is 3.33. The SMILES string of the molecule is CNS(=O)(=O)C1CCC1.COc1cc2c(cc1F)CC(CN1CCC1)C2Cc1cccc(F)c1. The van der Waals surface area contributed by atoms with Gasteiger partial charge in [-0.1, -0.05) is 18.6 Å². The quantitative estimate of drug-likeness (QED) is 0.627. The molecule has 0 bridgehead atoms. The minimum absolute atomic E-state index is 0.0949. The zero-order valence-electron chi connectivity index (χ0n) is 19.9. The number of fused-ring (bicyclic) bond motifs is 1. The van der Waals surface area contributed by atoms with Crippen LogP contribution in [0.4, 0.5) is 8.78 Å². The molecule has 5 nitrogen and oxygen atoms in total. The molecule has 1 N–H and O–H groups in total. The van der Waals surface area contributed by atoms with Gasteiger partial charge in [-0.15, -0.1) is 0 Å². The number of halogens is 2. The topological polar surface area (TPSA) is 58.6 Å². The molecule has 1 heterocycles. The Balaban J connectivity index is 0.000000257. The zero-order chi connectivity index (χ0) is 24.3. The van der Waals surface area contributed by atoms with Gasteiger partial charge in [0.1, 0.15) is 5.82 Å². The first-order valence-electron chi connectivity index (χ1n) is 12.1. The van der Waals surface area contributed by atoms with E-state index in [9.17, 15) is 17.2 Å². The second kappa shape index (κ2) is 10.7. The van der Waals surface area contributed by atoms with E-state index in [0.717, 1.165) is 68.4 Å². The number of benzene rings is 2. The highest BCUT2D eigenvalue weighted by atomic mass is 32.2. The lowest BCUT2D eigenvalue weighted by Gasteiger charge is -2.35. The molecule has 1 saturated heterocycles. The number of hydrogen-bond donors (Lipinski definition) is 1. The lowest BCUT2D eigenvalue weighted by Crippen LogP contribution is -2.41. The standard InChI is InChI=1S/C21H23F2NO.C5H11NO2S/c1-25-21-12-19-15(11-20(21)23)10-16(13-24-6-3-7-24)18(19)9-14-4-2-5-17(22)8-14;1-6-9(7,8)5-3-2-4-5/h2,4-5,8,11-12,16,18H,3,6-7,9-10,13H2,1H3;5-6H,2-4H2,1H3. The number of nitrogens with one attached hydrogen (secondary N) is 1. The second-order valence-electron chi connectivity index (χ2n) is 9.55. The molecular weight excluding hydrogens is 458 g/mol. The molecular formula is C26H34F2N2O3S. The number of ether oxygens (including phenoxy) is 1. The Bertz CT molecular complexity index is 1100. The van der Waals surface area contributed by atoms with Crippen molar-refractivity contribution in [2.24, 2.45) is 5.92 Å². The fourth-order valence-corrected chi connectivity index (χ4v) is 6.38. The van der Waals surface area contributed by atoms with Crippen LogP contribution in [0.2, 0.25) is 0 Å². The van der Waals surface area contributed by atoms with E-state index in [1.165, 1.54) is 26.6 Å². The summed E-state index contributed by atoms with van der Waals surface area (Å²) in [5.74, 6) is 0.506. The molecule has 2 fully saturated rings. The predicted molar refractivity (Wildman–Crippen MR) is 130 cm³/mol. The van der Waals surface area contributed by atoms with Crippen LogP contribution in [0.15, 0.2) is 36.4 Å². The third-order valence-corrected chi connectivity index (χ3v) is 9.34. The summed E-state index contributed by atoms with van der Waals surface area (Å²) in [6, 6.07) is 10.3. The van der Waals surface area contributed by atoms with Crippen molar-refractivity contribution in [2.45, 2.75) is 49.7 Å². The molecule has 2 aromatic carbocycles. The molecule has 0 amide bonds. The van der Waals surface area contributed by atoms with Gasteiger partial charge in [-0.2, -0.15) is 0 Å². The van der Waals surface area contributed by atoms with Gasteiger partial charge in [0, 0.05) is 6.54 Å². The Morgan fingerprint density at radius 1 is 1.12 bits per heavy atom. The van der Waals surface area contributed by atoms with E-state index in [0.29, 0.717) is 11.7 Å². The van der Waals surface area contributed by atoms with Crippen molar-refractivity contribution in [3.8, 4) is 5.75 Å². The molecule has 8 heteroatoms. The third-order valence-electron chi connectivity index (χ3n) is 7.43. The minimum Gasteiger partial charge on any atom is -0.494 e. The highest BCUT2D eigenvalue weighted by Crippen LogP contribution is 2.43. The van der Waals surface area contributed by atoms with Crippen LogP contribution in [0.5, 0.6) is 5.75 Å². The molecule has 2 aliphatic carbocycles. The van der Waals surface area contributed by atoms with Gasteiger partial charge >= 0.3 is 0 Å². The Morgan fingerprint density at radius 2 is 1.88 bits per heavy atom. The van der Waals surface area contributed by atoms with Gasteiger partial charge in [-0.25, -0.2) is 21.9 Å². The summed E-state index contributed by atoms with van der Waals surface area (Å²) >= 11 is 0. The van der Waals surface area contributed by atoms with Gasteiger partial charge in [-0.3, -0.25) is 0 Å². The van der Waals surface area contributed by atoms with Gasteiger partial charge in [0.2, 0.25) is 10.0 Å². The van der Waals surface area contributed by atoms with Crippen molar-refractivity contribution >= 4 is 10.0 Å². The van der Waals surface area contributed by atoms with E-state index < -0.39 is 10.0 Å². The van der Waals surface area contributed by atoms with Gasteiger partial charge < -0.3 is 9.64 Å². The van der Waals surface area contributed by atoms with E-state index in [1.54, 1.807) is 18.2 Å². The smallest absolute Gasteiger partial charge is 0.214 e. The monoisotopic (exact) mass is 492 g/mol. The molecule has 0 aromatic heterocycles. The van der Waals surface area contributed by atoms with Gasteiger partial charge in [0.15, 0.2) is 11.6 Å². The van der Waals surface area contributed by atoms with E-state index in [-0.39, 0.29) is 22.8 Å². The molecule has 0 radical (unpaired) electrons. The first-order valence-corrected chi connectivity index (χ1v) is 13.6. The molecule has 5 rings (SSSR count). The van der Waals surface area contributed by atoms with Crippen molar-refractivity contribution in [3.05, 3.63) is 64.7 Å². The summed E-state index contributed by atoms with van der Waals surface area (Å²) in [5, 5.41) is -0.0949. The van der Waals surface area contributed by atoms with Crippen LogP contribution in [0, 0.1) is 17.6 Å². The number of likely N-dealkylation sites (tertiary alicyclic amines) is 1. The van der Waals surface area contributed by atoms with Gasteiger partial charge in [0.25, 0.3) is 0 Å². The third kappa shape index (κ3) is 5.61. The fraction of sp³-hybridized carbons (Fsp3) is 0.538. The Labute approximate surface area is 201 Å². The summed E-state index contributed by atoms with van der Waals surface area (Å²) < 4.78 is 57.0. The Hall–Kier alpha value is -2.03. The number of hydrogen-bond acceptors (Lipinski definition) is 4. The maximum atomic E-state index is 14.1. The van der Waals surface area contributed by atoms with Gasteiger partial charge in [0.05, 0.1) is 12.4 Å². The van der Waals surface area contributed by atoms with Crippen molar-refractivity contribution in [2.75, 3.05) is 33.8 Å². The van der Waals surface area contributed by atoms with E-state index >= 15 is 0 Å². The minimum atomic E-state index is -2.91. The molecule has 34 heavy (non-hydrogen) atoms. The van der Waals surface area contributed by atoms with E-state index in [2.05, 4.69) is 9.62 Å². The van der Waals surface area contributed by atoms with Crippen LogP contribution in [0.25, 0.3) is 0 Å². The van der Waals surface area contributed by atoms with Crippen LogP contribution in [0.3, 0.4) is 0 Å². The summed E-state index contributed by atoms with van der Waals surface area (Å²) in [6.07, 6.45) is 5.65. The lowest BCUT2D eigenvalue weighted by molar-refractivity contribution is 0.145. The fourth-order valence-electron chi connectivity index (χ4n) is 5.10. The van der Waals surface area contributed by atoms with Crippen LogP contribution >= 0.6 is 0 Å². The van der Waals surface area contributed by atoms with Crippen molar-refractivity contribution < 1.29 is 21.9 Å². The van der Waals surface area contributed by atoms with Crippen LogP contribution in [-0.2, 0) is 22.9 Å². The number of methoxy groups -OCH3 is 1. The average Bonchev–Trinajstić information content (AvgIpc) is 3.05.